The largest absolute Gasteiger partial charge is 0.353 e. The second-order valence-corrected chi connectivity index (χ2v) is 7.71. The molecular formula is C20H23ClN2O2S. The number of thioether (sulfide) groups is 1. The first-order valence-electron chi connectivity index (χ1n) is 8.44. The Hall–Kier alpha value is -1.98. The molecule has 0 aromatic heterocycles. The van der Waals surface area contributed by atoms with E-state index < -0.39 is 0 Å². The van der Waals surface area contributed by atoms with Crippen LogP contribution in [0.2, 0.25) is 5.02 Å². The zero-order valence-electron chi connectivity index (χ0n) is 15.1. The molecule has 26 heavy (non-hydrogen) atoms. The van der Waals surface area contributed by atoms with Crippen molar-refractivity contribution in [2.75, 3.05) is 5.75 Å². The number of halogens is 1. The Bertz CT molecular complexity index is 763. The van der Waals surface area contributed by atoms with Crippen LogP contribution in [-0.2, 0) is 4.79 Å². The summed E-state index contributed by atoms with van der Waals surface area (Å²) in [4.78, 5) is 25.3. The van der Waals surface area contributed by atoms with Crippen molar-refractivity contribution in [1.29, 1.82) is 0 Å². The van der Waals surface area contributed by atoms with Crippen molar-refractivity contribution >= 4 is 35.2 Å². The molecule has 138 valence electrons. The number of hydrogen-bond acceptors (Lipinski definition) is 3. The van der Waals surface area contributed by atoms with E-state index in [1.165, 1.54) is 11.8 Å². The van der Waals surface area contributed by atoms with Gasteiger partial charge in [-0.25, -0.2) is 0 Å². The summed E-state index contributed by atoms with van der Waals surface area (Å²) >= 11 is 7.27. The molecule has 0 saturated carbocycles. The van der Waals surface area contributed by atoms with E-state index in [1.807, 2.05) is 51.1 Å². The van der Waals surface area contributed by atoms with E-state index in [0.717, 1.165) is 10.5 Å². The summed E-state index contributed by atoms with van der Waals surface area (Å²) in [5.74, 6) is 0.0597. The van der Waals surface area contributed by atoms with Crippen LogP contribution in [0.25, 0.3) is 0 Å². The summed E-state index contributed by atoms with van der Waals surface area (Å²) < 4.78 is 0. The lowest BCUT2D eigenvalue weighted by Gasteiger charge is -2.16. The van der Waals surface area contributed by atoms with E-state index in [1.54, 1.807) is 18.2 Å². The smallest absolute Gasteiger partial charge is 0.252 e. The van der Waals surface area contributed by atoms with E-state index in [9.17, 15) is 9.59 Å². The third-order valence-corrected chi connectivity index (χ3v) is 4.98. The van der Waals surface area contributed by atoms with Crippen LogP contribution in [0.15, 0.2) is 53.4 Å². The SMILES string of the molecule is CC(C)NC(=O)CSc1ccccc1C(=O)NC(C)c1ccc(Cl)cc1. The minimum atomic E-state index is -0.167. The van der Waals surface area contributed by atoms with Gasteiger partial charge in [-0.1, -0.05) is 35.9 Å². The first-order chi connectivity index (χ1) is 12.4. The highest BCUT2D eigenvalue weighted by Gasteiger charge is 2.16. The lowest BCUT2D eigenvalue weighted by Crippen LogP contribution is -2.31. The molecule has 2 rings (SSSR count). The number of benzene rings is 2. The van der Waals surface area contributed by atoms with Gasteiger partial charge >= 0.3 is 0 Å². The lowest BCUT2D eigenvalue weighted by molar-refractivity contribution is -0.119. The molecule has 0 saturated heterocycles. The van der Waals surface area contributed by atoms with Gasteiger partial charge in [0.15, 0.2) is 0 Å². The van der Waals surface area contributed by atoms with Gasteiger partial charge < -0.3 is 10.6 Å². The quantitative estimate of drug-likeness (QED) is 0.687. The highest BCUT2D eigenvalue weighted by Crippen LogP contribution is 2.24. The third-order valence-electron chi connectivity index (χ3n) is 3.66. The van der Waals surface area contributed by atoms with Crippen molar-refractivity contribution in [3.05, 3.63) is 64.7 Å². The van der Waals surface area contributed by atoms with E-state index >= 15 is 0 Å². The van der Waals surface area contributed by atoms with Crippen LogP contribution in [0.3, 0.4) is 0 Å². The van der Waals surface area contributed by atoms with Crippen LogP contribution in [0.1, 0.15) is 42.7 Å². The Morgan fingerprint density at radius 2 is 1.65 bits per heavy atom. The maximum atomic E-state index is 12.7. The molecule has 0 fully saturated rings. The number of carbonyl (C=O) groups is 2. The van der Waals surface area contributed by atoms with Crippen molar-refractivity contribution in [1.82, 2.24) is 10.6 Å². The fraction of sp³-hybridized carbons (Fsp3) is 0.300. The monoisotopic (exact) mass is 390 g/mol. The van der Waals surface area contributed by atoms with Crippen LogP contribution in [0, 0.1) is 0 Å². The van der Waals surface area contributed by atoms with E-state index in [-0.39, 0.29) is 29.7 Å². The van der Waals surface area contributed by atoms with E-state index in [4.69, 9.17) is 11.6 Å². The topological polar surface area (TPSA) is 58.2 Å². The molecule has 0 heterocycles. The molecule has 0 aliphatic heterocycles. The maximum absolute atomic E-state index is 12.7. The highest BCUT2D eigenvalue weighted by molar-refractivity contribution is 8.00. The Labute approximate surface area is 163 Å². The van der Waals surface area contributed by atoms with Gasteiger partial charge in [-0.2, -0.15) is 0 Å². The maximum Gasteiger partial charge on any atom is 0.252 e. The van der Waals surface area contributed by atoms with Crippen LogP contribution >= 0.6 is 23.4 Å². The van der Waals surface area contributed by atoms with Crippen molar-refractivity contribution in [2.45, 2.75) is 37.8 Å². The molecule has 6 heteroatoms. The average molecular weight is 391 g/mol. The normalized spacial score (nSPS) is 11.9. The number of rotatable bonds is 7. The summed E-state index contributed by atoms with van der Waals surface area (Å²) in [5, 5.41) is 6.51. The molecule has 1 atom stereocenters. The predicted molar refractivity (Wildman–Crippen MR) is 108 cm³/mol. The fourth-order valence-corrected chi connectivity index (χ4v) is 3.38. The third kappa shape index (κ3) is 6.07. The predicted octanol–water partition coefficient (Wildman–Crippen LogP) is 4.45. The summed E-state index contributed by atoms with van der Waals surface area (Å²) in [6.07, 6.45) is 0. The zero-order valence-corrected chi connectivity index (χ0v) is 16.7. The van der Waals surface area contributed by atoms with Crippen LogP contribution in [0.4, 0.5) is 0 Å². The summed E-state index contributed by atoms with van der Waals surface area (Å²) in [5.41, 5.74) is 1.54. The van der Waals surface area contributed by atoms with Gasteiger partial charge in [0.25, 0.3) is 5.91 Å². The van der Waals surface area contributed by atoms with Crippen molar-refractivity contribution in [2.24, 2.45) is 0 Å². The van der Waals surface area contributed by atoms with Crippen LogP contribution in [-0.4, -0.2) is 23.6 Å². The molecule has 2 aromatic rings. The Morgan fingerprint density at radius 3 is 2.31 bits per heavy atom. The van der Waals surface area contributed by atoms with Gasteiger partial charge in [0.05, 0.1) is 17.4 Å². The first kappa shape index (κ1) is 20.3. The Balaban J connectivity index is 2.04. The number of carbonyl (C=O) groups excluding carboxylic acids is 2. The molecule has 2 aromatic carbocycles. The summed E-state index contributed by atoms with van der Waals surface area (Å²) in [7, 11) is 0. The van der Waals surface area contributed by atoms with E-state index in [0.29, 0.717) is 10.6 Å². The number of nitrogens with one attached hydrogen (secondary N) is 2. The van der Waals surface area contributed by atoms with Crippen molar-refractivity contribution in [3.8, 4) is 0 Å². The zero-order chi connectivity index (χ0) is 19.1. The molecule has 2 amide bonds. The molecular weight excluding hydrogens is 368 g/mol. The Kier molecular flexibility index (Phi) is 7.54. The van der Waals surface area contributed by atoms with Gasteiger partial charge in [0.2, 0.25) is 5.91 Å². The van der Waals surface area contributed by atoms with Gasteiger partial charge in [-0.05, 0) is 50.6 Å². The molecule has 0 bridgehead atoms. The second-order valence-electron chi connectivity index (χ2n) is 6.25. The van der Waals surface area contributed by atoms with Gasteiger partial charge in [0.1, 0.15) is 0 Å². The average Bonchev–Trinajstić information content (AvgIpc) is 2.60. The molecule has 0 aliphatic rings. The lowest BCUT2D eigenvalue weighted by atomic mass is 10.1. The minimum absolute atomic E-state index is 0.0465. The molecule has 4 nitrogen and oxygen atoms in total. The molecule has 0 radical (unpaired) electrons. The molecule has 2 N–H and O–H groups in total. The standard InChI is InChI=1S/C20H23ClN2O2S/c1-13(2)22-19(24)12-26-18-7-5-4-6-17(18)20(25)23-14(3)15-8-10-16(21)11-9-15/h4-11,13-14H,12H2,1-3H3,(H,22,24)(H,23,25). The molecule has 1 unspecified atom stereocenters. The van der Waals surface area contributed by atoms with Gasteiger partial charge in [0, 0.05) is 16.0 Å². The fourth-order valence-electron chi connectivity index (χ4n) is 2.40. The number of amides is 2. The van der Waals surface area contributed by atoms with Gasteiger partial charge in [-0.15, -0.1) is 11.8 Å². The summed E-state index contributed by atoms with van der Waals surface area (Å²) in [6.45, 7) is 5.76. The second kappa shape index (κ2) is 9.64. The molecule has 0 spiro atoms. The van der Waals surface area contributed by atoms with Gasteiger partial charge in [-0.3, -0.25) is 9.59 Å². The van der Waals surface area contributed by atoms with Crippen molar-refractivity contribution in [3.63, 3.8) is 0 Å². The van der Waals surface area contributed by atoms with Crippen molar-refractivity contribution < 1.29 is 9.59 Å². The van der Waals surface area contributed by atoms with Crippen LogP contribution in [0.5, 0.6) is 0 Å². The minimum Gasteiger partial charge on any atom is -0.353 e. The van der Waals surface area contributed by atoms with E-state index in [2.05, 4.69) is 10.6 Å². The number of hydrogen-bond donors (Lipinski definition) is 2. The van der Waals surface area contributed by atoms with Crippen LogP contribution < -0.4 is 10.6 Å². The highest BCUT2D eigenvalue weighted by atomic mass is 35.5. The Morgan fingerprint density at radius 1 is 1.00 bits per heavy atom. The molecule has 0 aliphatic carbocycles. The summed E-state index contributed by atoms with van der Waals surface area (Å²) in [6, 6.07) is 14.6. The first-order valence-corrected chi connectivity index (χ1v) is 9.80.